The number of rotatable bonds is 2. The smallest absolute Gasteiger partial charge is 0.229 e. The summed E-state index contributed by atoms with van der Waals surface area (Å²) >= 11 is 0. The van der Waals surface area contributed by atoms with Crippen molar-refractivity contribution in [1.29, 1.82) is 0 Å². The maximum Gasteiger partial charge on any atom is 0.229 e. The fourth-order valence-corrected chi connectivity index (χ4v) is 2.56. The van der Waals surface area contributed by atoms with Crippen LogP contribution in [0.25, 0.3) is 0 Å². The third kappa shape index (κ3) is 2.38. The van der Waals surface area contributed by atoms with E-state index in [2.05, 4.69) is 9.98 Å². The van der Waals surface area contributed by atoms with E-state index >= 15 is 0 Å². The normalized spacial score (nSPS) is 23.2. The summed E-state index contributed by atoms with van der Waals surface area (Å²) in [5, 5.41) is 9.18. The zero-order valence-corrected chi connectivity index (χ0v) is 10.1. The van der Waals surface area contributed by atoms with Crippen LogP contribution in [0.15, 0.2) is 63.8 Å². The molecule has 18 heavy (non-hydrogen) atoms. The summed E-state index contributed by atoms with van der Waals surface area (Å²) in [7, 11) is -3.87. The van der Waals surface area contributed by atoms with Gasteiger partial charge in [-0.25, -0.2) is 13.4 Å². The van der Waals surface area contributed by atoms with Crippen LogP contribution in [0.2, 0.25) is 0 Å². The van der Waals surface area contributed by atoms with E-state index in [1.54, 1.807) is 18.2 Å². The lowest BCUT2D eigenvalue weighted by molar-refractivity contribution is 0.453. The fraction of sp³-hybridized carbons (Fsp3) is 0. The highest BCUT2D eigenvalue weighted by atomic mass is 32.2. The Morgan fingerprint density at radius 2 is 2.00 bits per heavy atom. The zero-order chi connectivity index (χ0) is 13.0. The predicted molar refractivity (Wildman–Crippen MR) is 67.9 cm³/mol. The molecule has 0 atom stereocenters. The molecule has 1 aliphatic rings. The van der Waals surface area contributed by atoms with E-state index in [0.717, 1.165) is 0 Å². The average Bonchev–Trinajstić information content (AvgIpc) is 2.28. The van der Waals surface area contributed by atoms with Gasteiger partial charge in [-0.1, -0.05) is 12.2 Å². The van der Waals surface area contributed by atoms with Crippen LogP contribution < -0.4 is 0 Å². The van der Waals surface area contributed by atoms with Crippen LogP contribution in [0.1, 0.15) is 0 Å². The summed E-state index contributed by atoms with van der Waals surface area (Å²) in [6.45, 7) is 0. The topological polar surface area (TPSA) is 79.6 Å². The van der Waals surface area contributed by atoms with Crippen molar-refractivity contribution in [1.82, 2.24) is 4.98 Å². The van der Waals surface area contributed by atoms with Gasteiger partial charge in [-0.2, -0.15) is 0 Å². The summed E-state index contributed by atoms with van der Waals surface area (Å²) in [6.07, 6.45) is 10.3. The molecule has 1 N–H and O–H groups in total. The quantitative estimate of drug-likeness (QED) is 0.877. The number of hydrogen-bond donors (Lipinski definition) is 1. The first kappa shape index (κ1) is 12.3. The zero-order valence-electron chi connectivity index (χ0n) is 9.26. The molecule has 1 aromatic heterocycles. The van der Waals surface area contributed by atoms with Crippen molar-refractivity contribution in [2.45, 2.75) is 5.03 Å². The average molecular weight is 262 g/mol. The standard InChI is InChI=1S/C12H10N2O3S/c15-11-6-4-8-14-12(11)18(16,17)10-5-2-1-3-7-13-9-10/h1-9,15H/b2-1-,3-1?,5-2?,7-3-,10-5+,10-9?,13-7?,13-9-. The summed E-state index contributed by atoms with van der Waals surface area (Å²) in [4.78, 5) is 7.49. The Balaban J connectivity index is 2.53. The van der Waals surface area contributed by atoms with Crippen LogP contribution in [0.4, 0.5) is 0 Å². The van der Waals surface area contributed by atoms with Crippen LogP contribution in [0.5, 0.6) is 5.75 Å². The summed E-state index contributed by atoms with van der Waals surface area (Å²) in [6, 6.07) is 2.73. The van der Waals surface area contributed by atoms with Gasteiger partial charge in [0.05, 0.1) is 4.91 Å². The van der Waals surface area contributed by atoms with Crippen LogP contribution in [0, 0.1) is 0 Å². The van der Waals surface area contributed by atoms with Gasteiger partial charge in [0, 0.05) is 18.6 Å². The molecule has 0 bridgehead atoms. The molecule has 0 unspecified atom stereocenters. The highest BCUT2D eigenvalue weighted by Gasteiger charge is 2.24. The molecule has 0 aromatic carbocycles. The van der Waals surface area contributed by atoms with Gasteiger partial charge in [-0.05, 0) is 24.3 Å². The molecule has 0 saturated carbocycles. The molecule has 2 heterocycles. The highest BCUT2D eigenvalue weighted by molar-refractivity contribution is 7.96. The maximum atomic E-state index is 12.2. The van der Waals surface area contributed by atoms with Crippen LogP contribution in [0.3, 0.4) is 0 Å². The van der Waals surface area contributed by atoms with Gasteiger partial charge in [-0.15, -0.1) is 0 Å². The lowest BCUT2D eigenvalue weighted by Crippen LogP contribution is -2.08. The SMILES string of the molecule is O=S(=O)(C1=C/C=C\C=C/N=C\1)c1ncccc1O. The monoisotopic (exact) mass is 262 g/mol. The number of pyridine rings is 1. The number of allylic oxidation sites excluding steroid dienone is 5. The van der Waals surface area contributed by atoms with E-state index in [9.17, 15) is 13.5 Å². The van der Waals surface area contributed by atoms with Gasteiger partial charge in [0.2, 0.25) is 14.9 Å². The molecule has 2 rings (SSSR count). The Hall–Kier alpha value is -2.21. The van der Waals surface area contributed by atoms with E-state index in [1.165, 1.54) is 36.8 Å². The second kappa shape index (κ2) is 4.97. The van der Waals surface area contributed by atoms with Gasteiger partial charge in [-0.3, -0.25) is 4.99 Å². The minimum absolute atomic E-state index is 0.0305. The third-order valence-electron chi connectivity index (χ3n) is 2.17. The number of hydrogen-bond acceptors (Lipinski definition) is 5. The molecule has 6 heteroatoms. The van der Waals surface area contributed by atoms with Gasteiger partial charge in [0.1, 0.15) is 0 Å². The lowest BCUT2D eigenvalue weighted by Gasteiger charge is -2.05. The van der Waals surface area contributed by atoms with Gasteiger partial charge in [0.25, 0.3) is 0 Å². The molecule has 0 radical (unpaired) electrons. The van der Waals surface area contributed by atoms with Gasteiger partial charge < -0.3 is 5.11 Å². The van der Waals surface area contributed by atoms with Crippen molar-refractivity contribution in [2.75, 3.05) is 0 Å². The van der Waals surface area contributed by atoms with Crippen LogP contribution in [-0.2, 0) is 9.84 Å². The van der Waals surface area contributed by atoms with Gasteiger partial charge in [0.15, 0.2) is 5.75 Å². The Morgan fingerprint density at radius 1 is 1.17 bits per heavy atom. The van der Waals surface area contributed by atoms with Crippen molar-refractivity contribution in [3.63, 3.8) is 0 Å². The minimum atomic E-state index is -3.87. The molecule has 0 amide bonds. The van der Waals surface area contributed by atoms with E-state index in [-0.39, 0.29) is 15.7 Å². The van der Waals surface area contributed by atoms with Crippen LogP contribution in [-0.4, -0.2) is 24.7 Å². The molecule has 92 valence electrons. The van der Waals surface area contributed by atoms with E-state index in [4.69, 9.17) is 0 Å². The summed E-state index contributed by atoms with van der Waals surface area (Å²) < 4.78 is 24.5. The molecule has 0 saturated heterocycles. The molecular weight excluding hydrogens is 252 g/mol. The lowest BCUT2D eigenvalue weighted by atomic mass is 10.4. The third-order valence-corrected chi connectivity index (χ3v) is 3.86. The number of nitrogens with zero attached hydrogens (tertiary/aromatic N) is 2. The molecule has 0 aliphatic carbocycles. The van der Waals surface area contributed by atoms with Crippen molar-refractivity contribution in [2.24, 2.45) is 4.99 Å². The molecule has 5 nitrogen and oxygen atoms in total. The Bertz CT molecular complexity index is 670. The molecular formula is C12H10N2O3S. The molecule has 0 spiro atoms. The molecule has 0 fully saturated rings. The van der Waals surface area contributed by atoms with Gasteiger partial charge >= 0.3 is 0 Å². The highest BCUT2D eigenvalue weighted by Crippen LogP contribution is 2.24. The molecule has 1 aromatic rings. The van der Waals surface area contributed by atoms with Crippen molar-refractivity contribution in [3.8, 4) is 5.75 Å². The first-order valence-electron chi connectivity index (χ1n) is 5.08. The Morgan fingerprint density at radius 3 is 2.78 bits per heavy atom. The van der Waals surface area contributed by atoms with E-state index < -0.39 is 9.84 Å². The molecule has 1 aliphatic heterocycles. The van der Waals surface area contributed by atoms with Crippen molar-refractivity contribution >= 4 is 16.1 Å². The second-order valence-electron chi connectivity index (χ2n) is 3.40. The van der Waals surface area contributed by atoms with Crippen molar-refractivity contribution in [3.05, 3.63) is 53.7 Å². The number of aliphatic imine (C=N–C) groups is 1. The minimum Gasteiger partial charge on any atom is -0.505 e. The van der Waals surface area contributed by atoms with E-state index in [0.29, 0.717) is 0 Å². The summed E-state index contributed by atoms with van der Waals surface area (Å²) in [5.74, 6) is -0.381. The number of aromatic hydroxyl groups is 1. The van der Waals surface area contributed by atoms with Crippen molar-refractivity contribution < 1.29 is 13.5 Å². The first-order valence-corrected chi connectivity index (χ1v) is 6.56. The second-order valence-corrected chi connectivity index (χ2v) is 5.27. The van der Waals surface area contributed by atoms with Crippen LogP contribution >= 0.6 is 0 Å². The van der Waals surface area contributed by atoms with E-state index in [1.807, 2.05) is 0 Å². The summed E-state index contributed by atoms with van der Waals surface area (Å²) in [5.41, 5.74) is 0. The number of aromatic nitrogens is 1. The maximum absolute atomic E-state index is 12.2. The Labute approximate surface area is 104 Å². The Kier molecular flexibility index (Phi) is 3.38. The number of sulfone groups is 1. The fourth-order valence-electron chi connectivity index (χ4n) is 1.33. The largest absolute Gasteiger partial charge is 0.505 e. The first-order chi connectivity index (χ1) is 8.62. The predicted octanol–water partition coefficient (Wildman–Crippen LogP) is 1.60.